The second-order valence-corrected chi connectivity index (χ2v) is 8.70. The van der Waals surface area contributed by atoms with E-state index in [-0.39, 0.29) is 0 Å². The molecule has 0 aromatic carbocycles. The zero-order chi connectivity index (χ0) is 24.1. The van der Waals surface area contributed by atoms with Crippen molar-refractivity contribution in [2.24, 2.45) is 0 Å². The second-order valence-electron chi connectivity index (χ2n) is 8.70. The van der Waals surface area contributed by atoms with Gasteiger partial charge in [0.25, 0.3) is 0 Å². The number of allylic oxidation sites excluding steroid dienone is 7. The first kappa shape index (κ1) is 23.6. The smallest absolute Gasteiger partial charge is 0.137 e. The fourth-order valence-corrected chi connectivity index (χ4v) is 4.60. The van der Waals surface area contributed by atoms with Gasteiger partial charge in [-0.1, -0.05) is 44.4 Å². The van der Waals surface area contributed by atoms with E-state index in [0.29, 0.717) is 0 Å². The molecule has 3 aromatic heterocycles. The minimum Gasteiger partial charge on any atom is -0.356 e. The summed E-state index contributed by atoms with van der Waals surface area (Å²) in [5.41, 5.74) is 6.38. The summed E-state index contributed by atoms with van der Waals surface area (Å²) in [4.78, 5) is 10.7. The van der Waals surface area contributed by atoms with E-state index in [0.717, 1.165) is 69.3 Å². The van der Waals surface area contributed by atoms with Crippen LogP contribution in [0.1, 0.15) is 46.5 Å². The van der Waals surface area contributed by atoms with E-state index >= 15 is 0 Å². The minimum absolute atomic E-state index is 0.793. The average molecular weight is 454 g/mol. The highest BCUT2D eigenvalue weighted by Gasteiger charge is 2.17. The van der Waals surface area contributed by atoms with Crippen molar-refractivity contribution >= 4 is 29.4 Å². The van der Waals surface area contributed by atoms with Gasteiger partial charge in [0.05, 0.1) is 16.6 Å². The molecule has 0 bridgehead atoms. The van der Waals surface area contributed by atoms with Gasteiger partial charge in [0.1, 0.15) is 11.5 Å². The minimum atomic E-state index is 0.793. The third-order valence-corrected chi connectivity index (χ3v) is 6.59. The first-order valence-corrected chi connectivity index (χ1v) is 12.2. The number of aromatic nitrogens is 4. The maximum Gasteiger partial charge on any atom is 0.137 e. The Morgan fingerprint density at radius 3 is 2.59 bits per heavy atom. The van der Waals surface area contributed by atoms with E-state index < -0.39 is 0 Å². The number of anilines is 1. The zero-order valence-corrected chi connectivity index (χ0v) is 20.6. The predicted octanol–water partition coefficient (Wildman–Crippen LogP) is 5.55. The van der Waals surface area contributed by atoms with Gasteiger partial charge in [-0.05, 0) is 74.5 Å². The van der Waals surface area contributed by atoms with Crippen LogP contribution in [0, 0.1) is 0 Å². The number of piperidine rings is 1. The maximum absolute atomic E-state index is 4.73. The number of fused-ring (bicyclic) bond motifs is 1. The highest BCUT2D eigenvalue weighted by Crippen LogP contribution is 2.29. The lowest BCUT2D eigenvalue weighted by atomic mass is 10.00. The molecule has 1 aliphatic heterocycles. The van der Waals surface area contributed by atoms with Crippen LogP contribution in [-0.2, 0) is 0 Å². The molecule has 5 nitrogen and oxygen atoms in total. The van der Waals surface area contributed by atoms with Crippen molar-refractivity contribution in [1.29, 1.82) is 0 Å². The van der Waals surface area contributed by atoms with Crippen molar-refractivity contribution in [3.8, 4) is 11.4 Å². The molecule has 0 spiro atoms. The molecule has 0 saturated carbocycles. The summed E-state index contributed by atoms with van der Waals surface area (Å²) >= 11 is 0. The highest BCUT2D eigenvalue weighted by molar-refractivity contribution is 5.94. The van der Waals surface area contributed by atoms with Crippen LogP contribution in [0.15, 0.2) is 65.9 Å². The predicted molar refractivity (Wildman–Crippen MR) is 145 cm³/mol. The molecule has 0 aliphatic carbocycles. The van der Waals surface area contributed by atoms with Gasteiger partial charge in [-0.3, -0.25) is 5.10 Å². The molecule has 5 heteroatoms. The van der Waals surface area contributed by atoms with Crippen molar-refractivity contribution in [2.45, 2.75) is 46.5 Å². The summed E-state index contributed by atoms with van der Waals surface area (Å²) in [6.45, 7) is 16.6. The summed E-state index contributed by atoms with van der Waals surface area (Å²) in [5, 5.41) is 10.6. The van der Waals surface area contributed by atoms with E-state index in [1.807, 2.05) is 18.3 Å². The number of nitrogens with one attached hydrogen (secondary N) is 2. The number of rotatable bonds is 7. The normalized spacial score (nSPS) is 16.5. The third kappa shape index (κ3) is 4.69. The third-order valence-electron chi connectivity index (χ3n) is 6.59. The molecule has 1 saturated heterocycles. The van der Waals surface area contributed by atoms with E-state index in [4.69, 9.17) is 4.98 Å². The van der Waals surface area contributed by atoms with E-state index in [1.54, 1.807) is 0 Å². The van der Waals surface area contributed by atoms with Crippen LogP contribution in [-0.4, -0.2) is 33.3 Å². The number of hydrogen-bond acceptors (Lipinski definition) is 3. The zero-order valence-electron chi connectivity index (χ0n) is 20.6. The van der Waals surface area contributed by atoms with Gasteiger partial charge in [0.15, 0.2) is 0 Å². The molecule has 176 valence electrons. The quantitative estimate of drug-likeness (QED) is 0.461. The molecule has 1 aliphatic rings. The topological polar surface area (TPSA) is 60.6 Å². The first-order chi connectivity index (χ1) is 16.6. The van der Waals surface area contributed by atoms with Crippen molar-refractivity contribution < 1.29 is 0 Å². The molecule has 2 N–H and O–H groups in total. The lowest BCUT2D eigenvalue weighted by Gasteiger charge is -2.28. The Labute approximate surface area is 202 Å². The van der Waals surface area contributed by atoms with Gasteiger partial charge in [-0.25, -0.2) is 4.98 Å². The lowest BCUT2D eigenvalue weighted by molar-refractivity contribution is 0.575. The molecule has 1 fully saturated rings. The molecule has 0 radical (unpaired) electrons. The number of hydrogen-bond donors (Lipinski definition) is 2. The van der Waals surface area contributed by atoms with Crippen molar-refractivity contribution in [3.63, 3.8) is 0 Å². The van der Waals surface area contributed by atoms with Gasteiger partial charge in [0.2, 0.25) is 0 Å². The Bertz CT molecular complexity index is 1370. The molecule has 0 amide bonds. The van der Waals surface area contributed by atoms with Crippen LogP contribution in [0.3, 0.4) is 0 Å². The summed E-state index contributed by atoms with van der Waals surface area (Å²) in [7, 11) is 0. The van der Waals surface area contributed by atoms with Crippen LogP contribution in [0.2, 0.25) is 0 Å². The molecule has 0 unspecified atom stereocenters. The van der Waals surface area contributed by atoms with Crippen molar-refractivity contribution in [3.05, 3.63) is 76.5 Å². The molecular weight excluding hydrogens is 418 g/mol. The summed E-state index contributed by atoms with van der Waals surface area (Å²) in [6, 6.07) is 4.22. The Morgan fingerprint density at radius 1 is 1.15 bits per heavy atom. The second kappa shape index (κ2) is 10.6. The lowest BCUT2D eigenvalue weighted by Crippen LogP contribution is -2.30. The van der Waals surface area contributed by atoms with E-state index in [9.17, 15) is 0 Å². The van der Waals surface area contributed by atoms with Crippen molar-refractivity contribution in [1.82, 2.24) is 20.2 Å². The molecule has 0 atom stereocenters. The van der Waals surface area contributed by atoms with Gasteiger partial charge in [0, 0.05) is 29.9 Å². The van der Waals surface area contributed by atoms with Crippen molar-refractivity contribution in [2.75, 3.05) is 18.0 Å². The largest absolute Gasteiger partial charge is 0.356 e. The number of pyridine rings is 1. The monoisotopic (exact) mass is 453 g/mol. The Hall–Kier alpha value is -3.60. The molecule has 4 rings (SSSR count). The maximum atomic E-state index is 4.73. The average Bonchev–Trinajstić information content (AvgIpc) is 3.47. The van der Waals surface area contributed by atoms with E-state index in [2.05, 4.69) is 84.4 Å². The summed E-state index contributed by atoms with van der Waals surface area (Å²) < 4.78 is 0. The number of aromatic amines is 2. The number of H-pyrrole nitrogens is 2. The fourth-order valence-electron chi connectivity index (χ4n) is 4.60. The van der Waals surface area contributed by atoms with Crippen LogP contribution in [0.5, 0.6) is 0 Å². The van der Waals surface area contributed by atoms with Gasteiger partial charge in [-0.15, -0.1) is 0 Å². The Morgan fingerprint density at radius 2 is 1.91 bits per heavy atom. The molecule has 4 heterocycles. The molecular formula is C29H35N5. The Kier molecular flexibility index (Phi) is 7.31. The first-order valence-electron chi connectivity index (χ1n) is 12.2. The van der Waals surface area contributed by atoms with Gasteiger partial charge in [-0.2, -0.15) is 5.10 Å². The van der Waals surface area contributed by atoms with E-state index in [1.165, 1.54) is 24.8 Å². The Balaban J connectivity index is 1.80. The van der Waals surface area contributed by atoms with Crippen LogP contribution in [0.4, 0.5) is 5.82 Å². The van der Waals surface area contributed by atoms with Crippen LogP contribution >= 0.6 is 0 Å². The highest BCUT2D eigenvalue weighted by atomic mass is 15.2. The standard InChI is InChI=1S/C29H35N5/c1-6-21(7-2)17-22(8-3)23(9-4)18-24-20(5)32-33-28(24)27-19-25-26(31-27)13-14-30-29(25)34-15-11-10-12-16-34/h6,8-9,13-14,17-19,31-32H,1,5,7,10-12,15-16H2,2-4H3/b21-17+,22-8+,23-9+,24-18+. The van der Waals surface area contributed by atoms with Gasteiger partial charge >= 0.3 is 0 Å². The fraction of sp³-hybridized carbons (Fsp3) is 0.310. The SMILES string of the molecule is C=C\C(=C/C(=C\C)C(/C=c1/c(-c2cc3c(N4CCCCC4)nccc3[nH]2)n[nH]c1=C)=C/C)CC. The molecule has 34 heavy (non-hydrogen) atoms. The molecule has 3 aromatic rings. The summed E-state index contributed by atoms with van der Waals surface area (Å²) in [6.07, 6.45) is 17.1. The van der Waals surface area contributed by atoms with Crippen LogP contribution < -0.4 is 15.5 Å². The summed E-state index contributed by atoms with van der Waals surface area (Å²) in [5.74, 6) is 1.06. The van der Waals surface area contributed by atoms with Crippen LogP contribution in [0.25, 0.3) is 34.9 Å². The van der Waals surface area contributed by atoms with Gasteiger partial charge < -0.3 is 9.88 Å². The number of nitrogens with zero attached hydrogens (tertiary/aromatic N) is 3.